The second kappa shape index (κ2) is 11.7. The molecule has 2 aliphatic rings. The lowest BCUT2D eigenvalue weighted by Crippen LogP contribution is -2.52. The number of H-pyrrole nitrogens is 1. The summed E-state index contributed by atoms with van der Waals surface area (Å²) in [5.41, 5.74) is 0.830. The first kappa shape index (κ1) is 29.5. The fourth-order valence-corrected chi connectivity index (χ4v) is 7.81. The number of alkyl halides is 2. The zero-order valence-corrected chi connectivity index (χ0v) is 24.1. The van der Waals surface area contributed by atoms with Crippen molar-refractivity contribution in [1.29, 1.82) is 0 Å². The second-order valence-corrected chi connectivity index (χ2v) is 13.5. The molecule has 2 fully saturated rings. The van der Waals surface area contributed by atoms with Gasteiger partial charge in [0, 0.05) is 55.8 Å². The highest BCUT2D eigenvalue weighted by Crippen LogP contribution is 2.32. The third kappa shape index (κ3) is 6.76. The standard InChI is InChI=1S/C28H32ClF2N3O6S/c1-28(30,31)19-13-18(14-20(29)15-19)17-39-27(36)34-11-9-33(10-12-34)21-3-2-4-22(6-5-21)41(37,38)23-7-8-24-25(16-23)40-26(35)32-24/h7-8,13-16,21-22H,2-6,9-12,17H2,1H3,(H,32,35). The molecule has 1 amide bonds. The number of hydrogen-bond donors (Lipinski definition) is 1. The quantitative estimate of drug-likeness (QED) is 0.376. The Morgan fingerprint density at radius 2 is 1.85 bits per heavy atom. The summed E-state index contributed by atoms with van der Waals surface area (Å²) in [7, 11) is -3.60. The van der Waals surface area contributed by atoms with Crippen LogP contribution in [0.1, 0.15) is 50.2 Å². The Hall–Kier alpha value is -2.96. The molecule has 3 aromatic rings. The zero-order chi connectivity index (χ0) is 29.4. The summed E-state index contributed by atoms with van der Waals surface area (Å²) in [6, 6.07) is 8.65. The maximum absolute atomic E-state index is 13.7. The van der Waals surface area contributed by atoms with E-state index in [0.717, 1.165) is 26.2 Å². The van der Waals surface area contributed by atoms with Crippen LogP contribution in [-0.2, 0) is 27.1 Å². The number of rotatable bonds is 6. The first-order valence-electron chi connectivity index (χ1n) is 13.6. The molecule has 0 spiro atoms. The Morgan fingerprint density at radius 3 is 2.59 bits per heavy atom. The molecule has 41 heavy (non-hydrogen) atoms. The van der Waals surface area contributed by atoms with Crippen molar-refractivity contribution < 1.29 is 31.1 Å². The largest absolute Gasteiger partial charge is 0.445 e. The van der Waals surface area contributed by atoms with Crippen molar-refractivity contribution in [2.45, 2.75) is 67.7 Å². The van der Waals surface area contributed by atoms with Gasteiger partial charge in [0.25, 0.3) is 5.92 Å². The fourth-order valence-electron chi connectivity index (χ4n) is 5.71. The first-order valence-corrected chi connectivity index (χ1v) is 15.5. The summed E-state index contributed by atoms with van der Waals surface area (Å²) < 4.78 is 64.6. The lowest BCUT2D eigenvalue weighted by Gasteiger charge is -2.38. The minimum absolute atomic E-state index is 0.150. The number of sulfone groups is 1. The molecular formula is C28H32ClF2N3O6S. The van der Waals surface area contributed by atoms with E-state index in [1.807, 2.05) is 0 Å². The maximum Gasteiger partial charge on any atom is 0.417 e. The molecule has 1 saturated carbocycles. The Bertz CT molecular complexity index is 1580. The van der Waals surface area contributed by atoms with Gasteiger partial charge in [-0.25, -0.2) is 26.8 Å². The Balaban J connectivity index is 1.13. The molecule has 0 radical (unpaired) electrons. The highest BCUT2D eigenvalue weighted by atomic mass is 35.5. The summed E-state index contributed by atoms with van der Waals surface area (Å²) in [5.74, 6) is -3.68. The summed E-state index contributed by atoms with van der Waals surface area (Å²) >= 11 is 5.97. The first-order chi connectivity index (χ1) is 19.4. The van der Waals surface area contributed by atoms with Gasteiger partial charge in [-0.05, 0) is 61.6 Å². The number of hydrogen-bond acceptors (Lipinski definition) is 7. The Morgan fingerprint density at radius 1 is 1.10 bits per heavy atom. The number of aromatic amines is 1. The molecule has 13 heteroatoms. The van der Waals surface area contributed by atoms with E-state index in [1.54, 1.807) is 11.0 Å². The van der Waals surface area contributed by atoms with Crippen LogP contribution in [0.2, 0.25) is 5.02 Å². The van der Waals surface area contributed by atoms with Gasteiger partial charge in [-0.1, -0.05) is 18.0 Å². The number of piperazine rings is 1. The zero-order valence-electron chi connectivity index (χ0n) is 22.6. The van der Waals surface area contributed by atoms with E-state index in [-0.39, 0.29) is 33.7 Å². The van der Waals surface area contributed by atoms with Crippen LogP contribution in [0.15, 0.2) is 50.5 Å². The third-order valence-corrected chi connectivity index (χ3v) is 10.4. The normalized spacial score (nSPS) is 21.1. The van der Waals surface area contributed by atoms with Crippen molar-refractivity contribution in [2.24, 2.45) is 0 Å². The summed E-state index contributed by atoms with van der Waals surface area (Å²) in [6.45, 7) is 2.78. The molecular weight excluding hydrogens is 580 g/mol. The topological polar surface area (TPSA) is 113 Å². The number of carbonyl (C=O) groups is 1. The van der Waals surface area contributed by atoms with Crippen LogP contribution >= 0.6 is 11.6 Å². The van der Waals surface area contributed by atoms with Gasteiger partial charge in [-0.3, -0.25) is 9.88 Å². The van der Waals surface area contributed by atoms with E-state index in [1.165, 1.54) is 30.3 Å². The number of nitrogens with zero attached hydrogens (tertiary/aromatic N) is 2. The van der Waals surface area contributed by atoms with Crippen LogP contribution < -0.4 is 5.76 Å². The molecule has 5 rings (SSSR count). The number of fused-ring (bicyclic) bond motifs is 1. The van der Waals surface area contributed by atoms with Gasteiger partial charge in [-0.2, -0.15) is 0 Å². The van der Waals surface area contributed by atoms with Crippen molar-refractivity contribution >= 4 is 38.6 Å². The van der Waals surface area contributed by atoms with Crippen LogP contribution in [0.5, 0.6) is 0 Å². The van der Waals surface area contributed by atoms with Crippen molar-refractivity contribution in [3.8, 4) is 0 Å². The lowest BCUT2D eigenvalue weighted by atomic mass is 10.1. The van der Waals surface area contributed by atoms with Crippen molar-refractivity contribution in [2.75, 3.05) is 26.2 Å². The van der Waals surface area contributed by atoms with Gasteiger partial charge in [-0.15, -0.1) is 0 Å². The molecule has 1 saturated heterocycles. The molecule has 2 atom stereocenters. The number of amides is 1. The third-order valence-electron chi connectivity index (χ3n) is 7.96. The molecule has 1 aliphatic carbocycles. The average Bonchev–Trinajstić information content (AvgIpc) is 3.12. The minimum atomic E-state index is -3.60. The van der Waals surface area contributed by atoms with E-state index < -0.39 is 32.9 Å². The van der Waals surface area contributed by atoms with Gasteiger partial charge in [0.1, 0.15) is 6.61 Å². The summed E-state index contributed by atoms with van der Waals surface area (Å²) in [4.78, 5) is 30.7. The van der Waals surface area contributed by atoms with E-state index in [9.17, 15) is 26.8 Å². The molecule has 1 aromatic heterocycles. The predicted octanol–water partition coefficient (Wildman–Crippen LogP) is 5.32. The van der Waals surface area contributed by atoms with Gasteiger partial charge < -0.3 is 14.1 Å². The Kier molecular flexibility index (Phi) is 8.45. The van der Waals surface area contributed by atoms with Crippen molar-refractivity contribution in [3.05, 3.63) is 63.1 Å². The van der Waals surface area contributed by atoms with Crippen molar-refractivity contribution in [3.63, 3.8) is 0 Å². The molecule has 9 nitrogen and oxygen atoms in total. The molecule has 222 valence electrons. The van der Waals surface area contributed by atoms with Crippen LogP contribution in [0.4, 0.5) is 13.6 Å². The van der Waals surface area contributed by atoms with Gasteiger partial charge in [0.05, 0.1) is 15.7 Å². The van der Waals surface area contributed by atoms with Crippen molar-refractivity contribution in [1.82, 2.24) is 14.8 Å². The van der Waals surface area contributed by atoms with E-state index in [0.29, 0.717) is 50.1 Å². The van der Waals surface area contributed by atoms with Crippen LogP contribution in [0.3, 0.4) is 0 Å². The second-order valence-electron chi connectivity index (χ2n) is 10.8. The number of benzene rings is 2. The summed E-state index contributed by atoms with van der Waals surface area (Å²) in [5, 5.41) is -0.372. The van der Waals surface area contributed by atoms with Gasteiger partial charge in [0.15, 0.2) is 15.4 Å². The van der Waals surface area contributed by atoms with Crippen LogP contribution in [-0.4, -0.2) is 66.8 Å². The number of carbonyl (C=O) groups excluding carboxylic acids is 1. The van der Waals surface area contributed by atoms with Gasteiger partial charge >= 0.3 is 11.8 Å². The highest BCUT2D eigenvalue weighted by molar-refractivity contribution is 7.92. The molecule has 2 aromatic carbocycles. The van der Waals surface area contributed by atoms with E-state index >= 15 is 0 Å². The molecule has 1 N–H and O–H groups in total. The SMILES string of the molecule is CC(F)(F)c1cc(Cl)cc(COC(=O)N2CCN(C3CCCC(S(=O)(=O)c4ccc5[nH]c(=O)oc5c4)CC3)CC2)c1. The van der Waals surface area contributed by atoms with E-state index in [4.69, 9.17) is 20.8 Å². The number of halogens is 3. The van der Waals surface area contributed by atoms with E-state index in [2.05, 4.69) is 9.88 Å². The lowest BCUT2D eigenvalue weighted by molar-refractivity contribution is 0.0172. The summed E-state index contributed by atoms with van der Waals surface area (Å²) in [6.07, 6.45) is 2.89. The predicted molar refractivity (Wildman–Crippen MR) is 149 cm³/mol. The molecule has 0 bridgehead atoms. The number of oxazole rings is 1. The van der Waals surface area contributed by atoms with Gasteiger partial charge in [0.2, 0.25) is 0 Å². The fraction of sp³-hybridized carbons (Fsp3) is 0.500. The van der Waals surface area contributed by atoms with Crippen LogP contribution in [0, 0.1) is 0 Å². The number of nitrogens with one attached hydrogen (secondary N) is 1. The molecule has 2 unspecified atom stereocenters. The molecule has 1 aliphatic heterocycles. The maximum atomic E-state index is 13.7. The minimum Gasteiger partial charge on any atom is -0.445 e. The number of ether oxygens (including phenoxy) is 1. The smallest absolute Gasteiger partial charge is 0.417 e. The molecule has 2 heterocycles. The van der Waals surface area contributed by atoms with Crippen LogP contribution in [0.25, 0.3) is 11.1 Å². The highest BCUT2D eigenvalue weighted by Gasteiger charge is 2.34. The average molecular weight is 612 g/mol. The number of aromatic nitrogens is 1. The Labute approximate surface area is 241 Å². The monoisotopic (exact) mass is 611 g/mol.